The van der Waals surface area contributed by atoms with Gasteiger partial charge in [0.05, 0.1) is 6.10 Å². The van der Waals surface area contributed by atoms with Crippen LogP contribution in [0.2, 0.25) is 0 Å². The Morgan fingerprint density at radius 1 is 1.38 bits per heavy atom. The number of nitrogens with zero attached hydrogens (tertiary/aromatic N) is 1. The van der Waals surface area contributed by atoms with E-state index in [4.69, 9.17) is 0 Å². The Labute approximate surface area is 81.9 Å². The van der Waals surface area contributed by atoms with Gasteiger partial charge in [-0.25, -0.2) is 0 Å². The lowest BCUT2D eigenvalue weighted by atomic mass is 9.89. The Hall–Kier alpha value is -0.0800. The van der Waals surface area contributed by atoms with E-state index in [-0.39, 0.29) is 11.5 Å². The van der Waals surface area contributed by atoms with Crippen molar-refractivity contribution in [2.45, 2.75) is 52.7 Å². The van der Waals surface area contributed by atoms with Crippen LogP contribution in [0.5, 0.6) is 0 Å². The van der Waals surface area contributed by atoms with Gasteiger partial charge in [-0.3, -0.25) is 4.90 Å². The van der Waals surface area contributed by atoms with E-state index in [2.05, 4.69) is 32.6 Å². The van der Waals surface area contributed by atoms with Crippen LogP contribution in [0.1, 0.15) is 40.5 Å². The molecule has 1 rings (SSSR count). The zero-order valence-corrected chi connectivity index (χ0v) is 9.38. The first-order valence-electron chi connectivity index (χ1n) is 5.37. The molecule has 0 bridgehead atoms. The predicted molar refractivity (Wildman–Crippen MR) is 55.7 cm³/mol. The number of aliphatic hydroxyl groups excluding tert-OH is 1. The molecule has 1 saturated carbocycles. The molecule has 0 aromatic rings. The first-order valence-corrected chi connectivity index (χ1v) is 5.37. The van der Waals surface area contributed by atoms with Crippen LogP contribution < -0.4 is 0 Å². The van der Waals surface area contributed by atoms with Crippen LogP contribution >= 0.6 is 0 Å². The predicted octanol–water partition coefficient (Wildman–Crippen LogP) is 1.88. The molecule has 0 aromatic carbocycles. The molecule has 2 heteroatoms. The number of aliphatic hydroxyl groups is 1. The van der Waals surface area contributed by atoms with E-state index in [1.165, 1.54) is 12.8 Å². The average Bonchev–Trinajstić information content (AvgIpc) is 2.80. The largest absolute Gasteiger partial charge is 0.391 e. The molecule has 1 N–H and O–H groups in total. The van der Waals surface area contributed by atoms with Gasteiger partial charge in [-0.15, -0.1) is 0 Å². The second kappa shape index (κ2) is 3.97. The normalized spacial score (nSPS) is 20.8. The van der Waals surface area contributed by atoms with E-state index in [0.29, 0.717) is 0 Å². The Bertz CT molecular complexity index is 158. The summed E-state index contributed by atoms with van der Waals surface area (Å²) >= 11 is 0. The third kappa shape index (κ3) is 3.28. The lowest BCUT2D eigenvalue weighted by molar-refractivity contribution is 0.0275. The van der Waals surface area contributed by atoms with Gasteiger partial charge in [-0.1, -0.05) is 27.7 Å². The summed E-state index contributed by atoms with van der Waals surface area (Å²) in [7, 11) is 0. The smallest absolute Gasteiger partial charge is 0.0715 e. The lowest BCUT2D eigenvalue weighted by Crippen LogP contribution is -2.40. The van der Waals surface area contributed by atoms with Gasteiger partial charge in [0.1, 0.15) is 0 Å². The highest BCUT2D eigenvalue weighted by molar-refractivity contribution is 4.87. The van der Waals surface area contributed by atoms with Gasteiger partial charge in [0.25, 0.3) is 0 Å². The monoisotopic (exact) mass is 185 g/mol. The molecule has 0 radical (unpaired) electrons. The summed E-state index contributed by atoms with van der Waals surface area (Å²) in [5.41, 5.74) is 0.0162. The van der Waals surface area contributed by atoms with E-state index in [1.54, 1.807) is 0 Å². The molecule has 0 spiro atoms. The molecule has 1 aliphatic carbocycles. The molecule has 13 heavy (non-hydrogen) atoms. The maximum atomic E-state index is 9.92. The first-order chi connectivity index (χ1) is 5.95. The van der Waals surface area contributed by atoms with E-state index >= 15 is 0 Å². The van der Waals surface area contributed by atoms with Gasteiger partial charge in [0, 0.05) is 12.6 Å². The Morgan fingerprint density at radius 3 is 2.23 bits per heavy atom. The molecule has 1 unspecified atom stereocenters. The van der Waals surface area contributed by atoms with Crippen molar-refractivity contribution in [3.05, 3.63) is 0 Å². The summed E-state index contributed by atoms with van der Waals surface area (Å²) in [5, 5.41) is 9.92. The van der Waals surface area contributed by atoms with Crippen molar-refractivity contribution >= 4 is 0 Å². The molecule has 2 nitrogen and oxygen atoms in total. The average molecular weight is 185 g/mol. The van der Waals surface area contributed by atoms with Crippen molar-refractivity contribution in [3.8, 4) is 0 Å². The maximum absolute atomic E-state index is 9.92. The fourth-order valence-electron chi connectivity index (χ4n) is 1.47. The van der Waals surface area contributed by atoms with E-state index < -0.39 is 0 Å². The summed E-state index contributed by atoms with van der Waals surface area (Å²) in [6.07, 6.45) is 2.45. The Balaban J connectivity index is 2.36. The highest BCUT2D eigenvalue weighted by Crippen LogP contribution is 2.28. The zero-order valence-electron chi connectivity index (χ0n) is 9.38. The first kappa shape index (κ1) is 11.0. The van der Waals surface area contributed by atoms with Crippen LogP contribution in [0.25, 0.3) is 0 Å². The third-order valence-corrected chi connectivity index (χ3v) is 2.88. The van der Waals surface area contributed by atoms with Crippen LogP contribution in [-0.4, -0.2) is 35.2 Å². The van der Waals surface area contributed by atoms with Crippen molar-refractivity contribution in [1.82, 2.24) is 4.90 Å². The fraction of sp³-hybridized carbons (Fsp3) is 1.00. The molecule has 78 valence electrons. The second-order valence-corrected chi connectivity index (χ2v) is 5.20. The SMILES string of the molecule is CCN(CC(O)C(C)(C)C)C1CC1. The molecule has 0 amide bonds. The van der Waals surface area contributed by atoms with Gasteiger partial charge in [0.2, 0.25) is 0 Å². The molecule has 1 fully saturated rings. The number of rotatable bonds is 4. The molecule has 0 heterocycles. The number of hydrogen-bond acceptors (Lipinski definition) is 2. The zero-order chi connectivity index (χ0) is 10.1. The van der Waals surface area contributed by atoms with Crippen LogP contribution in [0.4, 0.5) is 0 Å². The second-order valence-electron chi connectivity index (χ2n) is 5.20. The molecule has 1 atom stereocenters. The quantitative estimate of drug-likeness (QED) is 0.723. The van der Waals surface area contributed by atoms with Crippen molar-refractivity contribution in [1.29, 1.82) is 0 Å². The van der Waals surface area contributed by atoms with Crippen LogP contribution in [0.3, 0.4) is 0 Å². The van der Waals surface area contributed by atoms with Gasteiger partial charge in [-0.05, 0) is 24.8 Å². The Kier molecular flexibility index (Phi) is 3.36. The van der Waals surface area contributed by atoms with Crippen LogP contribution in [-0.2, 0) is 0 Å². The highest BCUT2D eigenvalue weighted by Gasteiger charge is 2.32. The van der Waals surface area contributed by atoms with E-state index in [9.17, 15) is 5.11 Å². The number of likely N-dealkylation sites (N-methyl/N-ethyl adjacent to an activating group) is 1. The van der Waals surface area contributed by atoms with Gasteiger partial charge in [0.15, 0.2) is 0 Å². The van der Waals surface area contributed by atoms with E-state index in [1.807, 2.05) is 0 Å². The summed E-state index contributed by atoms with van der Waals surface area (Å²) in [6.45, 7) is 10.4. The van der Waals surface area contributed by atoms with Crippen molar-refractivity contribution in [2.75, 3.05) is 13.1 Å². The minimum Gasteiger partial charge on any atom is -0.391 e. The summed E-state index contributed by atoms with van der Waals surface area (Å²) in [4.78, 5) is 2.40. The minimum absolute atomic E-state index is 0.0162. The Morgan fingerprint density at radius 2 is 1.92 bits per heavy atom. The molecule has 1 aliphatic rings. The van der Waals surface area contributed by atoms with Crippen molar-refractivity contribution in [3.63, 3.8) is 0 Å². The van der Waals surface area contributed by atoms with Crippen LogP contribution in [0, 0.1) is 5.41 Å². The minimum atomic E-state index is -0.201. The molecule has 0 aliphatic heterocycles. The molecular formula is C11H23NO. The van der Waals surface area contributed by atoms with E-state index in [0.717, 1.165) is 19.1 Å². The van der Waals surface area contributed by atoms with Crippen molar-refractivity contribution in [2.24, 2.45) is 5.41 Å². The fourth-order valence-corrected chi connectivity index (χ4v) is 1.47. The summed E-state index contributed by atoms with van der Waals surface area (Å²) in [5.74, 6) is 0. The van der Waals surface area contributed by atoms with Crippen LogP contribution in [0.15, 0.2) is 0 Å². The third-order valence-electron chi connectivity index (χ3n) is 2.88. The lowest BCUT2D eigenvalue weighted by Gasteiger charge is -2.31. The topological polar surface area (TPSA) is 23.5 Å². The van der Waals surface area contributed by atoms with Gasteiger partial charge >= 0.3 is 0 Å². The van der Waals surface area contributed by atoms with Crippen molar-refractivity contribution < 1.29 is 5.11 Å². The van der Waals surface area contributed by atoms with Gasteiger partial charge < -0.3 is 5.11 Å². The van der Waals surface area contributed by atoms with Gasteiger partial charge in [-0.2, -0.15) is 0 Å². The summed E-state index contributed by atoms with van der Waals surface area (Å²) < 4.78 is 0. The molecule has 0 saturated heterocycles. The standard InChI is InChI=1S/C11H23NO/c1-5-12(9-6-7-9)8-10(13)11(2,3)4/h9-10,13H,5-8H2,1-4H3. The maximum Gasteiger partial charge on any atom is 0.0715 e. The molecule has 0 aromatic heterocycles. The molecular weight excluding hydrogens is 162 g/mol. The summed E-state index contributed by atoms with van der Waals surface area (Å²) in [6, 6.07) is 0.766. The number of hydrogen-bond donors (Lipinski definition) is 1. The highest BCUT2D eigenvalue weighted by atomic mass is 16.3.